The van der Waals surface area contributed by atoms with E-state index in [4.69, 9.17) is 18.9 Å². The highest BCUT2D eigenvalue weighted by Crippen LogP contribution is 2.46. The SMILES string of the molecule is CCCCC[C@@H](C)Cc1c(C)cc(-c2ccc(OCCCCCCOc3ccc4ccccc4c3-c3c(OCCCCCCOc4ccc(-c5cc(C)c(C[C@H](C)CCCCC)c(C)c5)cc4)ccc4ccccc34)cc2)cc1C. The Labute approximate surface area is 482 Å². The molecule has 80 heavy (non-hydrogen) atoms. The standard InChI is InChI=1S/C76H94O4/c1-9-11-17-27-55(3)49-71-57(5)51-65(52-58(71)6)61-33-39-67(40-34-61)77-45-23-13-15-25-47-79-73-43-37-63-29-19-21-31-69(63)75(73)76-70-32-22-20-30-64(70)38-44-74(76)80-48-26-16-14-24-46-78-68-41-35-62(36-42-68)66-53-59(7)72(60(8)54-66)50-56(4)28-18-12-10-2/h19-22,29-44,51-56H,9-18,23-28,45-50H2,1-8H3/t55-,56-/m1/s1. The number of fused-ring (bicyclic) bond motifs is 2. The molecule has 8 rings (SSSR count). The molecule has 4 heteroatoms. The van der Waals surface area contributed by atoms with Gasteiger partial charge in [-0.05, 0) is 217 Å². The van der Waals surface area contributed by atoms with Crippen molar-refractivity contribution >= 4 is 21.5 Å². The summed E-state index contributed by atoms with van der Waals surface area (Å²) in [7, 11) is 0. The summed E-state index contributed by atoms with van der Waals surface area (Å²) in [6.07, 6.45) is 21.2. The van der Waals surface area contributed by atoms with Crippen LogP contribution in [0.2, 0.25) is 0 Å². The summed E-state index contributed by atoms with van der Waals surface area (Å²) in [5.74, 6) is 5.11. The Kier molecular flexibility index (Phi) is 23.0. The minimum atomic E-state index is 0.647. The molecule has 0 aromatic heterocycles. The third-order valence-electron chi connectivity index (χ3n) is 16.6. The van der Waals surface area contributed by atoms with Gasteiger partial charge in [0.25, 0.3) is 0 Å². The Morgan fingerprint density at radius 2 is 0.688 bits per heavy atom. The number of hydrogen-bond donors (Lipinski definition) is 0. The van der Waals surface area contributed by atoms with Crippen LogP contribution in [0.25, 0.3) is 54.9 Å². The van der Waals surface area contributed by atoms with E-state index in [1.165, 1.54) is 141 Å². The molecule has 0 spiro atoms. The molecule has 0 aliphatic rings. The van der Waals surface area contributed by atoms with Gasteiger partial charge in [-0.15, -0.1) is 0 Å². The van der Waals surface area contributed by atoms with Gasteiger partial charge in [0.1, 0.15) is 23.0 Å². The molecule has 0 saturated carbocycles. The summed E-state index contributed by atoms with van der Waals surface area (Å²) in [5.41, 5.74) is 15.9. The summed E-state index contributed by atoms with van der Waals surface area (Å²) in [6, 6.07) is 52.8. The average molecular weight is 1070 g/mol. The van der Waals surface area contributed by atoms with Crippen LogP contribution in [0.4, 0.5) is 0 Å². The first-order valence-electron chi connectivity index (χ1n) is 31.1. The zero-order valence-corrected chi connectivity index (χ0v) is 50.2. The minimum absolute atomic E-state index is 0.647. The number of unbranched alkanes of at least 4 members (excludes halogenated alkanes) is 10. The van der Waals surface area contributed by atoms with Crippen LogP contribution in [0.15, 0.2) is 146 Å². The lowest BCUT2D eigenvalue weighted by atomic mass is 9.88. The van der Waals surface area contributed by atoms with Crippen molar-refractivity contribution in [3.8, 4) is 56.4 Å². The first kappa shape index (κ1) is 59.6. The lowest BCUT2D eigenvalue weighted by Crippen LogP contribution is -2.04. The van der Waals surface area contributed by atoms with E-state index in [0.29, 0.717) is 26.4 Å². The molecular formula is C76H94O4. The van der Waals surface area contributed by atoms with Gasteiger partial charge in [0.05, 0.1) is 26.4 Å². The molecule has 0 aliphatic carbocycles. The maximum Gasteiger partial charge on any atom is 0.127 e. The van der Waals surface area contributed by atoms with Gasteiger partial charge < -0.3 is 18.9 Å². The summed E-state index contributed by atoms with van der Waals surface area (Å²) < 4.78 is 26.0. The van der Waals surface area contributed by atoms with E-state index in [1.807, 2.05) is 0 Å². The molecular weight excluding hydrogens is 977 g/mol. The van der Waals surface area contributed by atoms with Gasteiger partial charge in [-0.3, -0.25) is 0 Å². The second-order valence-electron chi connectivity index (χ2n) is 23.4. The molecule has 8 aromatic carbocycles. The smallest absolute Gasteiger partial charge is 0.127 e. The average Bonchev–Trinajstić information content (AvgIpc) is 3.57. The Morgan fingerprint density at radius 1 is 0.338 bits per heavy atom. The number of hydrogen-bond acceptors (Lipinski definition) is 4. The van der Waals surface area contributed by atoms with Crippen molar-refractivity contribution < 1.29 is 18.9 Å². The van der Waals surface area contributed by atoms with Crippen molar-refractivity contribution in [3.63, 3.8) is 0 Å². The maximum absolute atomic E-state index is 6.76. The van der Waals surface area contributed by atoms with E-state index in [2.05, 4.69) is 201 Å². The Hall–Kier alpha value is -6.52. The van der Waals surface area contributed by atoms with Crippen molar-refractivity contribution in [2.24, 2.45) is 11.8 Å². The fourth-order valence-corrected chi connectivity index (χ4v) is 12.0. The highest BCUT2D eigenvalue weighted by molar-refractivity contribution is 6.09. The van der Waals surface area contributed by atoms with Crippen LogP contribution >= 0.6 is 0 Å². The zero-order chi connectivity index (χ0) is 56.1. The van der Waals surface area contributed by atoms with Gasteiger partial charge in [-0.25, -0.2) is 0 Å². The van der Waals surface area contributed by atoms with Crippen LogP contribution in [0.5, 0.6) is 23.0 Å². The molecule has 0 bridgehead atoms. The molecule has 2 atom stereocenters. The van der Waals surface area contributed by atoms with Gasteiger partial charge in [0, 0.05) is 11.1 Å². The highest BCUT2D eigenvalue weighted by Gasteiger charge is 2.20. The topological polar surface area (TPSA) is 36.9 Å². The Balaban J connectivity index is 0.790. The van der Waals surface area contributed by atoms with Gasteiger partial charge in [0.15, 0.2) is 0 Å². The van der Waals surface area contributed by atoms with E-state index >= 15 is 0 Å². The molecule has 4 nitrogen and oxygen atoms in total. The summed E-state index contributed by atoms with van der Waals surface area (Å²) >= 11 is 0. The predicted molar refractivity (Wildman–Crippen MR) is 343 cm³/mol. The largest absolute Gasteiger partial charge is 0.494 e. The monoisotopic (exact) mass is 1070 g/mol. The molecule has 0 fully saturated rings. The first-order chi connectivity index (χ1) is 39.1. The van der Waals surface area contributed by atoms with Crippen LogP contribution in [0, 0.1) is 39.5 Å². The summed E-state index contributed by atoms with van der Waals surface area (Å²) in [5, 5.41) is 4.72. The van der Waals surface area contributed by atoms with Gasteiger partial charge in [0.2, 0.25) is 0 Å². The second-order valence-corrected chi connectivity index (χ2v) is 23.4. The lowest BCUT2D eigenvalue weighted by Gasteiger charge is -2.20. The van der Waals surface area contributed by atoms with Crippen LogP contribution in [0.3, 0.4) is 0 Å². The fourth-order valence-electron chi connectivity index (χ4n) is 12.0. The predicted octanol–water partition coefficient (Wildman–Crippen LogP) is 21.8. The van der Waals surface area contributed by atoms with E-state index in [-0.39, 0.29) is 0 Å². The molecule has 0 aliphatic heterocycles. The van der Waals surface area contributed by atoms with Crippen molar-refractivity contribution in [3.05, 3.63) is 179 Å². The molecule has 0 radical (unpaired) electrons. The van der Waals surface area contributed by atoms with E-state index in [9.17, 15) is 0 Å². The van der Waals surface area contributed by atoms with Crippen LogP contribution in [-0.2, 0) is 12.8 Å². The number of aryl methyl sites for hydroxylation is 4. The molecule has 0 amide bonds. The second kappa shape index (κ2) is 30.9. The van der Waals surface area contributed by atoms with E-state index in [0.717, 1.165) is 97.3 Å². The van der Waals surface area contributed by atoms with Gasteiger partial charge in [-0.2, -0.15) is 0 Å². The van der Waals surface area contributed by atoms with Crippen molar-refractivity contribution in [2.45, 2.75) is 171 Å². The molecule has 8 aromatic rings. The van der Waals surface area contributed by atoms with Crippen LogP contribution in [-0.4, -0.2) is 26.4 Å². The van der Waals surface area contributed by atoms with Gasteiger partial charge >= 0.3 is 0 Å². The van der Waals surface area contributed by atoms with Crippen molar-refractivity contribution in [1.29, 1.82) is 0 Å². The first-order valence-corrected chi connectivity index (χ1v) is 31.1. The lowest BCUT2D eigenvalue weighted by molar-refractivity contribution is 0.286. The van der Waals surface area contributed by atoms with Crippen molar-refractivity contribution in [1.82, 2.24) is 0 Å². The van der Waals surface area contributed by atoms with Gasteiger partial charge in [-0.1, -0.05) is 188 Å². The number of benzene rings is 8. The third kappa shape index (κ3) is 16.8. The molecule has 0 heterocycles. The Bertz CT molecular complexity index is 2910. The van der Waals surface area contributed by atoms with E-state index < -0.39 is 0 Å². The van der Waals surface area contributed by atoms with E-state index in [1.54, 1.807) is 0 Å². The zero-order valence-electron chi connectivity index (χ0n) is 50.2. The summed E-state index contributed by atoms with van der Waals surface area (Å²) in [4.78, 5) is 0. The normalized spacial score (nSPS) is 12.2. The minimum Gasteiger partial charge on any atom is -0.494 e. The highest BCUT2D eigenvalue weighted by atomic mass is 16.5. The fraction of sp³-hybridized carbons (Fsp3) is 0.421. The maximum atomic E-state index is 6.76. The molecule has 422 valence electrons. The third-order valence-corrected chi connectivity index (χ3v) is 16.6. The quantitative estimate of drug-likeness (QED) is 0.0384. The number of rotatable bonds is 33. The van der Waals surface area contributed by atoms with Crippen molar-refractivity contribution in [2.75, 3.05) is 26.4 Å². The van der Waals surface area contributed by atoms with Crippen LogP contribution in [0.1, 0.15) is 164 Å². The molecule has 0 saturated heterocycles. The molecule has 0 N–H and O–H groups in total. The van der Waals surface area contributed by atoms with Crippen LogP contribution < -0.4 is 18.9 Å². The Morgan fingerprint density at radius 3 is 1.05 bits per heavy atom. The number of ether oxygens (including phenoxy) is 4. The molecule has 0 unspecified atom stereocenters. The summed E-state index contributed by atoms with van der Waals surface area (Å²) in [6.45, 7) is 21.2.